The smallest absolute Gasteiger partial charge is 0.222 e. The molecule has 1 rings (SSSR count). The number of rotatable bonds is 3. The average Bonchev–Trinajstić information content (AvgIpc) is 2.31. The van der Waals surface area contributed by atoms with E-state index in [-0.39, 0.29) is 11.7 Å². The molecule has 0 spiro atoms. The highest BCUT2D eigenvalue weighted by Crippen LogP contribution is 2.09. The molecule has 1 aliphatic heterocycles. The molecule has 3 nitrogen and oxygen atoms in total. The Labute approximate surface area is 66.4 Å². The maximum atomic E-state index is 11.0. The largest absolute Gasteiger partial charge is 0.342 e. The van der Waals surface area contributed by atoms with Crippen LogP contribution in [0, 0.1) is 0 Å². The van der Waals surface area contributed by atoms with Crippen molar-refractivity contribution in [2.24, 2.45) is 0 Å². The number of amides is 1. The van der Waals surface area contributed by atoms with Crippen molar-refractivity contribution < 1.29 is 9.59 Å². The van der Waals surface area contributed by atoms with Gasteiger partial charge in [0.15, 0.2) is 0 Å². The van der Waals surface area contributed by atoms with Crippen molar-refractivity contribution in [3.8, 4) is 0 Å². The topological polar surface area (TPSA) is 37.4 Å². The zero-order valence-electron chi connectivity index (χ0n) is 6.80. The second-order valence-corrected chi connectivity index (χ2v) is 2.94. The van der Waals surface area contributed by atoms with Crippen LogP contribution in [0.25, 0.3) is 0 Å². The van der Waals surface area contributed by atoms with Crippen molar-refractivity contribution in [1.29, 1.82) is 0 Å². The summed E-state index contributed by atoms with van der Waals surface area (Å²) in [7, 11) is 0. The molecular formula is C8H13NO2. The third-order valence-corrected chi connectivity index (χ3v) is 1.91. The molecule has 0 saturated carbocycles. The van der Waals surface area contributed by atoms with Crippen LogP contribution in [0.1, 0.15) is 26.2 Å². The fourth-order valence-corrected chi connectivity index (χ4v) is 1.23. The van der Waals surface area contributed by atoms with Crippen LogP contribution in [0.15, 0.2) is 0 Å². The maximum absolute atomic E-state index is 11.0. The van der Waals surface area contributed by atoms with E-state index in [1.54, 1.807) is 11.8 Å². The fraction of sp³-hybridized carbons (Fsp3) is 0.750. The monoisotopic (exact) mass is 155 g/mol. The summed E-state index contributed by atoms with van der Waals surface area (Å²) in [5.41, 5.74) is 0. The number of carbonyl (C=O) groups is 2. The maximum Gasteiger partial charge on any atom is 0.222 e. The molecule has 1 aliphatic rings. The minimum atomic E-state index is 0.157. The van der Waals surface area contributed by atoms with Crippen molar-refractivity contribution >= 4 is 11.7 Å². The predicted octanol–water partition coefficient (Wildman–Crippen LogP) is 0.588. The minimum absolute atomic E-state index is 0.157. The summed E-state index contributed by atoms with van der Waals surface area (Å²) in [5.74, 6) is 0.357. The third-order valence-electron chi connectivity index (χ3n) is 1.91. The lowest BCUT2D eigenvalue weighted by molar-refractivity contribution is -0.128. The van der Waals surface area contributed by atoms with Gasteiger partial charge in [-0.05, 0) is 13.3 Å². The number of Topliss-reactive ketones (excluding diaryl/α,β-unsaturated/α-hetero) is 1. The normalized spacial score (nSPS) is 17.5. The van der Waals surface area contributed by atoms with Crippen molar-refractivity contribution in [2.75, 3.05) is 13.1 Å². The van der Waals surface area contributed by atoms with Gasteiger partial charge in [0.05, 0.1) is 0 Å². The van der Waals surface area contributed by atoms with E-state index in [4.69, 9.17) is 0 Å². The van der Waals surface area contributed by atoms with Gasteiger partial charge in [0.1, 0.15) is 5.78 Å². The van der Waals surface area contributed by atoms with Gasteiger partial charge in [-0.15, -0.1) is 0 Å². The van der Waals surface area contributed by atoms with Crippen LogP contribution < -0.4 is 0 Å². The van der Waals surface area contributed by atoms with Gasteiger partial charge >= 0.3 is 0 Å². The highest BCUT2D eigenvalue weighted by molar-refractivity contribution is 5.80. The van der Waals surface area contributed by atoms with Crippen LogP contribution in [0.2, 0.25) is 0 Å². The van der Waals surface area contributed by atoms with E-state index in [2.05, 4.69) is 0 Å². The molecule has 1 heterocycles. The molecule has 1 fully saturated rings. The summed E-state index contributed by atoms with van der Waals surface area (Å²) in [5, 5.41) is 0. The molecule has 0 atom stereocenters. The second kappa shape index (κ2) is 3.51. The van der Waals surface area contributed by atoms with Crippen LogP contribution in [0.5, 0.6) is 0 Å². The first-order valence-corrected chi connectivity index (χ1v) is 3.97. The first-order valence-electron chi connectivity index (χ1n) is 3.97. The Balaban J connectivity index is 2.26. The van der Waals surface area contributed by atoms with Gasteiger partial charge in [0.25, 0.3) is 0 Å². The number of hydrogen-bond donors (Lipinski definition) is 0. The molecule has 0 bridgehead atoms. The number of ketones is 1. The van der Waals surface area contributed by atoms with E-state index in [1.165, 1.54) is 0 Å². The molecule has 11 heavy (non-hydrogen) atoms. The molecule has 0 aromatic heterocycles. The zero-order chi connectivity index (χ0) is 8.27. The summed E-state index contributed by atoms with van der Waals surface area (Å²) in [6, 6.07) is 0. The second-order valence-electron chi connectivity index (χ2n) is 2.94. The quantitative estimate of drug-likeness (QED) is 0.598. The van der Waals surface area contributed by atoms with Crippen molar-refractivity contribution in [2.45, 2.75) is 26.2 Å². The molecule has 0 aliphatic carbocycles. The van der Waals surface area contributed by atoms with Crippen molar-refractivity contribution in [3.05, 3.63) is 0 Å². The number of nitrogens with zero attached hydrogens (tertiary/aromatic N) is 1. The minimum Gasteiger partial charge on any atom is -0.342 e. The Hall–Kier alpha value is -0.860. The molecule has 0 unspecified atom stereocenters. The van der Waals surface area contributed by atoms with E-state index in [0.717, 1.165) is 13.0 Å². The lowest BCUT2D eigenvalue weighted by atomic mass is 10.3. The summed E-state index contributed by atoms with van der Waals surface area (Å²) in [6.07, 6.45) is 2.13. The van der Waals surface area contributed by atoms with Gasteiger partial charge in [-0.2, -0.15) is 0 Å². The molecule has 62 valence electrons. The van der Waals surface area contributed by atoms with Crippen LogP contribution in [0.3, 0.4) is 0 Å². The Morgan fingerprint density at radius 2 is 2.36 bits per heavy atom. The number of likely N-dealkylation sites (tertiary alicyclic amines) is 1. The molecule has 3 heteroatoms. The molecule has 0 radical (unpaired) electrons. The van der Waals surface area contributed by atoms with Gasteiger partial charge in [-0.3, -0.25) is 9.59 Å². The Kier molecular flexibility index (Phi) is 2.63. The predicted molar refractivity (Wildman–Crippen MR) is 41.1 cm³/mol. The Morgan fingerprint density at radius 3 is 2.82 bits per heavy atom. The summed E-state index contributed by atoms with van der Waals surface area (Å²) in [4.78, 5) is 23.3. The van der Waals surface area contributed by atoms with Crippen LogP contribution in [-0.2, 0) is 9.59 Å². The Bertz CT molecular complexity index is 177. The van der Waals surface area contributed by atoms with E-state index in [9.17, 15) is 9.59 Å². The van der Waals surface area contributed by atoms with Crippen molar-refractivity contribution in [1.82, 2.24) is 4.90 Å². The van der Waals surface area contributed by atoms with Gasteiger partial charge in [0.2, 0.25) is 5.91 Å². The molecular weight excluding hydrogens is 142 g/mol. The standard InChI is InChI=1S/C8H13NO2/c1-7(10)4-6-9-5-2-3-8(9)11/h2-6H2,1H3. The molecule has 1 amide bonds. The highest BCUT2D eigenvalue weighted by Gasteiger charge is 2.19. The van der Waals surface area contributed by atoms with E-state index < -0.39 is 0 Å². The lowest BCUT2D eigenvalue weighted by Crippen LogP contribution is -2.26. The lowest BCUT2D eigenvalue weighted by Gasteiger charge is -2.13. The van der Waals surface area contributed by atoms with E-state index in [1.807, 2.05) is 0 Å². The van der Waals surface area contributed by atoms with E-state index in [0.29, 0.717) is 19.4 Å². The van der Waals surface area contributed by atoms with E-state index >= 15 is 0 Å². The number of hydrogen-bond acceptors (Lipinski definition) is 2. The summed E-state index contributed by atoms with van der Waals surface area (Å²) >= 11 is 0. The van der Waals surface area contributed by atoms with Gasteiger partial charge < -0.3 is 4.90 Å². The average molecular weight is 155 g/mol. The van der Waals surface area contributed by atoms with Crippen molar-refractivity contribution in [3.63, 3.8) is 0 Å². The van der Waals surface area contributed by atoms with Gasteiger partial charge in [0, 0.05) is 25.9 Å². The zero-order valence-corrected chi connectivity index (χ0v) is 6.80. The first kappa shape index (κ1) is 8.24. The SMILES string of the molecule is CC(=O)CCN1CCCC1=O. The van der Waals surface area contributed by atoms with Crippen LogP contribution in [-0.4, -0.2) is 29.7 Å². The molecule has 0 aromatic carbocycles. The van der Waals surface area contributed by atoms with Gasteiger partial charge in [-0.25, -0.2) is 0 Å². The molecule has 1 saturated heterocycles. The van der Waals surface area contributed by atoms with Crippen LogP contribution in [0.4, 0.5) is 0 Å². The summed E-state index contributed by atoms with van der Waals surface area (Å²) < 4.78 is 0. The van der Waals surface area contributed by atoms with Crippen LogP contribution >= 0.6 is 0 Å². The number of carbonyl (C=O) groups excluding carboxylic acids is 2. The third kappa shape index (κ3) is 2.33. The molecule has 0 N–H and O–H groups in total. The highest BCUT2D eigenvalue weighted by atomic mass is 16.2. The van der Waals surface area contributed by atoms with Gasteiger partial charge in [-0.1, -0.05) is 0 Å². The Morgan fingerprint density at radius 1 is 1.64 bits per heavy atom. The fourth-order valence-electron chi connectivity index (χ4n) is 1.23. The first-order chi connectivity index (χ1) is 5.20. The molecule has 0 aromatic rings. The summed E-state index contributed by atoms with van der Waals surface area (Å²) in [6.45, 7) is 3.01.